The second-order valence-corrected chi connectivity index (χ2v) is 4.03. The minimum absolute atomic E-state index is 0. The molecule has 0 heterocycles. The van der Waals surface area contributed by atoms with Crippen LogP contribution in [-0.2, 0) is 15.9 Å². The fraction of sp³-hybridized carbons (Fsp3) is 0.143. The Morgan fingerprint density at radius 1 is 1.20 bits per heavy atom. The number of nitro benzene ring substituents is 1. The summed E-state index contributed by atoms with van der Waals surface area (Å²) in [6.45, 7) is 0. The Morgan fingerprint density at radius 3 is 2.00 bits per heavy atom. The molecule has 0 saturated heterocycles. The zero-order valence-corrected chi connectivity index (χ0v) is 11.9. The fourth-order valence-corrected chi connectivity index (χ4v) is 1.52. The molecule has 8 heteroatoms. The van der Waals surface area contributed by atoms with E-state index < -0.39 is 20.8 Å². The first-order valence-electron chi connectivity index (χ1n) is 3.55. The summed E-state index contributed by atoms with van der Waals surface area (Å²) >= 11 is 0. The molecule has 76 valence electrons. The van der Waals surface area contributed by atoms with E-state index >= 15 is 0 Å². The van der Waals surface area contributed by atoms with Crippen LogP contribution in [0.2, 0.25) is 0 Å². The van der Waals surface area contributed by atoms with E-state index in [9.17, 15) is 23.1 Å². The molecule has 0 fully saturated rings. The molecule has 0 aliphatic carbocycles. The van der Waals surface area contributed by atoms with Gasteiger partial charge in [0.15, 0.2) is 0 Å². The molecule has 0 amide bonds. The van der Waals surface area contributed by atoms with Crippen LogP contribution in [0.3, 0.4) is 0 Å². The number of hydrogen-bond donors (Lipinski definition) is 0. The molecule has 0 atom stereocenters. The summed E-state index contributed by atoms with van der Waals surface area (Å²) in [6, 6.07) is 4.79. The van der Waals surface area contributed by atoms with Crippen molar-refractivity contribution in [3.8, 4) is 0 Å². The largest absolute Gasteiger partial charge is 1.00 e. The predicted octanol–water partition coefficient (Wildman–Crippen LogP) is -2.36. The number of nitrogens with zero attached hydrogens (tertiary/aromatic N) is 1. The van der Waals surface area contributed by atoms with Gasteiger partial charge in [0.2, 0.25) is 0 Å². The number of hydrogen-bond acceptors (Lipinski definition) is 5. The molecule has 0 aromatic heterocycles. The van der Waals surface area contributed by atoms with Crippen LogP contribution in [0.15, 0.2) is 24.3 Å². The van der Waals surface area contributed by atoms with Crippen LogP contribution < -0.4 is 51.4 Å². The van der Waals surface area contributed by atoms with Gasteiger partial charge >= 0.3 is 51.4 Å². The molecule has 0 aliphatic heterocycles. The minimum atomic E-state index is -4.33. The van der Waals surface area contributed by atoms with Gasteiger partial charge in [-0.25, -0.2) is 8.42 Å². The van der Waals surface area contributed by atoms with Crippen LogP contribution in [0.1, 0.15) is 5.56 Å². The molecule has 1 aromatic carbocycles. The zero-order chi connectivity index (χ0) is 10.8. The molecule has 0 bridgehead atoms. The summed E-state index contributed by atoms with van der Waals surface area (Å²) in [7, 11) is -4.33. The summed E-state index contributed by atoms with van der Waals surface area (Å²) < 4.78 is 31.0. The standard InChI is InChI=1S/C7H7NO5S.K/c9-8(10)7-3-1-6(2-4-7)5-14(11,12)13;/h1-4H,5H2,(H,11,12,13);/q;+1/p-1. The summed E-state index contributed by atoms with van der Waals surface area (Å²) in [6.07, 6.45) is 0. The second-order valence-electron chi connectivity index (χ2n) is 2.63. The van der Waals surface area contributed by atoms with Crippen LogP contribution in [0.4, 0.5) is 5.69 Å². The third-order valence-corrected chi connectivity index (χ3v) is 2.18. The Bertz CT molecular complexity index is 441. The predicted molar refractivity (Wildman–Crippen MR) is 46.5 cm³/mol. The van der Waals surface area contributed by atoms with Crippen LogP contribution in [-0.4, -0.2) is 17.9 Å². The van der Waals surface area contributed by atoms with E-state index in [4.69, 9.17) is 0 Å². The summed E-state index contributed by atoms with van der Waals surface area (Å²) in [5, 5.41) is 10.2. The van der Waals surface area contributed by atoms with Gasteiger partial charge in [0, 0.05) is 12.1 Å². The molecule has 0 saturated carbocycles. The Balaban J connectivity index is 0.00000196. The van der Waals surface area contributed by atoms with Gasteiger partial charge in [-0.05, 0) is 5.56 Å². The van der Waals surface area contributed by atoms with Crippen molar-refractivity contribution in [3.63, 3.8) is 0 Å². The Hall–Kier alpha value is 0.166. The van der Waals surface area contributed by atoms with Crippen molar-refractivity contribution in [2.24, 2.45) is 0 Å². The van der Waals surface area contributed by atoms with Crippen molar-refractivity contribution in [2.75, 3.05) is 0 Å². The molecule has 1 aromatic rings. The molecule has 1 rings (SSSR count). The summed E-state index contributed by atoms with van der Waals surface area (Å²) in [4.78, 5) is 9.62. The van der Waals surface area contributed by atoms with Gasteiger partial charge in [-0.3, -0.25) is 10.1 Å². The number of nitro groups is 1. The Kier molecular flexibility index (Phi) is 6.11. The maximum Gasteiger partial charge on any atom is 1.00 e. The van der Waals surface area contributed by atoms with Crippen LogP contribution in [0.5, 0.6) is 0 Å². The van der Waals surface area contributed by atoms with Gasteiger partial charge in [-0.15, -0.1) is 0 Å². The van der Waals surface area contributed by atoms with Crippen molar-refractivity contribution in [3.05, 3.63) is 39.9 Å². The molecular formula is C7H6KNO5S. The Labute approximate surface area is 129 Å². The van der Waals surface area contributed by atoms with E-state index in [1.54, 1.807) is 0 Å². The fourth-order valence-electron chi connectivity index (χ4n) is 0.918. The Morgan fingerprint density at radius 2 is 1.67 bits per heavy atom. The van der Waals surface area contributed by atoms with Gasteiger partial charge in [0.25, 0.3) is 5.69 Å². The van der Waals surface area contributed by atoms with Crippen LogP contribution >= 0.6 is 0 Å². The zero-order valence-electron chi connectivity index (χ0n) is 7.91. The van der Waals surface area contributed by atoms with Crippen molar-refractivity contribution >= 4 is 15.8 Å². The average molecular weight is 255 g/mol. The summed E-state index contributed by atoms with van der Waals surface area (Å²) in [5.74, 6) is -0.648. The van der Waals surface area contributed by atoms with Gasteiger partial charge in [0.05, 0.1) is 20.8 Å². The SMILES string of the molecule is O=[N+]([O-])c1ccc(CS(=O)(=O)[O-])cc1.[K+]. The van der Waals surface area contributed by atoms with E-state index in [0.29, 0.717) is 0 Å². The van der Waals surface area contributed by atoms with E-state index in [0.717, 1.165) is 12.1 Å². The van der Waals surface area contributed by atoms with Gasteiger partial charge < -0.3 is 4.55 Å². The van der Waals surface area contributed by atoms with Crippen molar-refractivity contribution in [2.45, 2.75) is 5.75 Å². The quantitative estimate of drug-likeness (QED) is 0.260. The number of non-ortho nitro benzene ring substituents is 1. The van der Waals surface area contributed by atoms with Gasteiger partial charge in [0.1, 0.15) is 0 Å². The van der Waals surface area contributed by atoms with Crippen molar-refractivity contribution in [1.82, 2.24) is 0 Å². The molecular weight excluding hydrogens is 249 g/mol. The molecule has 0 unspecified atom stereocenters. The molecule has 0 spiro atoms. The molecule has 15 heavy (non-hydrogen) atoms. The average Bonchev–Trinajstić information content (AvgIpc) is 2.02. The smallest absolute Gasteiger partial charge is 0.748 e. The van der Waals surface area contributed by atoms with Gasteiger partial charge in [-0.1, -0.05) is 12.1 Å². The van der Waals surface area contributed by atoms with Crippen LogP contribution in [0.25, 0.3) is 0 Å². The third kappa shape index (κ3) is 5.71. The molecule has 0 N–H and O–H groups in total. The molecule has 6 nitrogen and oxygen atoms in total. The van der Waals surface area contributed by atoms with E-state index in [1.165, 1.54) is 12.1 Å². The first-order chi connectivity index (χ1) is 6.38. The first-order valence-corrected chi connectivity index (χ1v) is 5.13. The maximum absolute atomic E-state index is 10.3. The first kappa shape index (κ1) is 15.2. The third-order valence-electron chi connectivity index (χ3n) is 1.49. The minimum Gasteiger partial charge on any atom is -0.748 e. The van der Waals surface area contributed by atoms with E-state index in [1.807, 2.05) is 0 Å². The maximum atomic E-state index is 10.3. The van der Waals surface area contributed by atoms with Crippen molar-refractivity contribution < 1.29 is 69.3 Å². The second kappa shape index (κ2) is 6.04. The van der Waals surface area contributed by atoms with Crippen molar-refractivity contribution in [1.29, 1.82) is 0 Å². The molecule has 0 radical (unpaired) electrons. The monoisotopic (exact) mass is 255 g/mol. The van der Waals surface area contributed by atoms with Gasteiger partial charge in [-0.2, -0.15) is 0 Å². The van der Waals surface area contributed by atoms with Crippen LogP contribution in [0, 0.1) is 10.1 Å². The number of rotatable bonds is 3. The normalized spacial score (nSPS) is 10.5. The molecule has 0 aliphatic rings. The summed E-state index contributed by atoms with van der Waals surface area (Å²) in [5.41, 5.74) is 0.0997. The van der Waals surface area contributed by atoms with E-state index in [2.05, 4.69) is 0 Å². The topological polar surface area (TPSA) is 100 Å². The van der Waals surface area contributed by atoms with E-state index in [-0.39, 0.29) is 62.6 Å². The number of benzene rings is 1.